The van der Waals surface area contributed by atoms with Gasteiger partial charge in [0.25, 0.3) is 0 Å². The Bertz CT molecular complexity index is 693. The Balaban J connectivity index is 1.74. The number of carboxylic acids is 1. The molecule has 1 aliphatic rings. The van der Waals surface area contributed by atoms with Crippen molar-refractivity contribution in [3.05, 3.63) is 42.5 Å². The second-order valence-corrected chi connectivity index (χ2v) is 5.52. The number of carboxylic acid groups (broad SMARTS) is 1. The van der Waals surface area contributed by atoms with Gasteiger partial charge in [0.1, 0.15) is 23.8 Å². The van der Waals surface area contributed by atoms with E-state index in [2.05, 4.69) is 15.3 Å². The maximum absolute atomic E-state index is 12.9. The van der Waals surface area contributed by atoms with Crippen LogP contribution in [0.1, 0.15) is 12.8 Å². The summed E-state index contributed by atoms with van der Waals surface area (Å²) in [6, 6.07) is 7.75. The maximum atomic E-state index is 12.9. The van der Waals surface area contributed by atoms with Gasteiger partial charge in [-0.15, -0.1) is 0 Å². The summed E-state index contributed by atoms with van der Waals surface area (Å²) in [5.74, 6) is -0.165. The average molecular weight is 316 g/mol. The molecule has 0 bridgehead atoms. The van der Waals surface area contributed by atoms with Crippen LogP contribution in [0.2, 0.25) is 0 Å². The molecule has 1 aromatic heterocycles. The quantitative estimate of drug-likeness (QED) is 0.903. The summed E-state index contributed by atoms with van der Waals surface area (Å²) in [6.45, 7) is 1.22. The van der Waals surface area contributed by atoms with Crippen molar-refractivity contribution < 1.29 is 14.3 Å². The molecule has 0 aliphatic carbocycles. The van der Waals surface area contributed by atoms with Gasteiger partial charge < -0.3 is 15.3 Å². The van der Waals surface area contributed by atoms with Crippen LogP contribution in [0.4, 0.5) is 21.7 Å². The Morgan fingerprint density at radius 3 is 2.83 bits per heavy atom. The normalized spacial score (nSPS) is 17.8. The van der Waals surface area contributed by atoms with E-state index in [1.165, 1.54) is 18.5 Å². The van der Waals surface area contributed by atoms with E-state index in [0.29, 0.717) is 24.6 Å². The summed E-state index contributed by atoms with van der Waals surface area (Å²) in [7, 11) is 0. The van der Waals surface area contributed by atoms with Gasteiger partial charge in [-0.2, -0.15) is 0 Å². The van der Waals surface area contributed by atoms with Crippen LogP contribution in [-0.2, 0) is 4.79 Å². The number of hydrogen-bond donors (Lipinski definition) is 2. The minimum atomic E-state index is -0.770. The van der Waals surface area contributed by atoms with Crippen LogP contribution in [0.5, 0.6) is 0 Å². The van der Waals surface area contributed by atoms with E-state index in [-0.39, 0.29) is 11.7 Å². The third-order valence-corrected chi connectivity index (χ3v) is 3.86. The van der Waals surface area contributed by atoms with Gasteiger partial charge in [-0.1, -0.05) is 0 Å². The first-order valence-electron chi connectivity index (χ1n) is 7.44. The van der Waals surface area contributed by atoms with Gasteiger partial charge in [0, 0.05) is 24.8 Å². The van der Waals surface area contributed by atoms with Crippen molar-refractivity contribution >= 4 is 23.3 Å². The summed E-state index contributed by atoms with van der Waals surface area (Å²) in [5, 5.41) is 12.3. The zero-order valence-corrected chi connectivity index (χ0v) is 12.4. The first-order chi connectivity index (χ1) is 11.1. The molecule has 0 spiro atoms. The average Bonchev–Trinajstić information content (AvgIpc) is 2.57. The highest BCUT2D eigenvalue weighted by Gasteiger charge is 2.26. The molecular weight excluding hydrogens is 299 g/mol. The minimum absolute atomic E-state index is 0.299. The number of benzene rings is 1. The Morgan fingerprint density at radius 1 is 1.30 bits per heavy atom. The van der Waals surface area contributed by atoms with Gasteiger partial charge in [-0.05, 0) is 37.1 Å². The number of hydrogen-bond acceptors (Lipinski definition) is 5. The van der Waals surface area contributed by atoms with E-state index in [4.69, 9.17) is 0 Å². The fourth-order valence-corrected chi connectivity index (χ4v) is 2.66. The van der Waals surface area contributed by atoms with Crippen molar-refractivity contribution in [2.75, 3.05) is 23.3 Å². The molecule has 2 N–H and O–H groups in total. The van der Waals surface area contributed by atoms with Crippen molar-refractivity contribution in [1.82, 2.24) is 9.97 Å². The molecule has 1 atom stereocenters. The van der Waals surface area contributed by atoms with Crippen LogP contribution in [0.25, 0.3) is 0 Å². The van der Waals surface area contributed by atoms with Gasteiger partial charge in [-0.3, -0.25) is 4.79 Å². The zero-order valence-electron chi connectivity index (χ0n) is 12.4. The first kappa shape index (κ1) is 15.2. The van der Waals surface area contributed by atoms with Crippen molar-refractivity contribution in [3.8, 4) is 0 Å². The highest BCUT2D eigenvalue weighted by atomic mass is 19.1. The standard InChI is InChI=1S/C16H17FN4O2/c17-12-3-5-13(6-4-12)20-14-8-15(19-10-18-14)21-7-1-2-11(9-21)16(22)23/h3-6,8,10-11H,1-2,7,9H2,(H,22,23)(H,18,19,20). The third-order valence-electron chi connectivity index (χ3n) is 3.86. The predicted molar refractivity (Wildman–Crippen MR) is 84.3 cm³/mol. The molecule has 0 amide bonds. The number of rotatable bonds is 4. The topological polar surface area (TPSA) is 78.4 Å². The van der Waals surface area contributed by atoms with Crippen LogP contribution < -0.4 is 10.2 Å². The Morgan fingerprint density at radius 2 is 2.09 bits per heavy atom. The molecule has 6 nitrogen and oxygen atoms in total. The van der Waals surface area contributed by atoms with Gasteiger partial charge in [0.05, 0.1) is 5.92 Å². The molecule has 1 fully saturated rings. The van der Waals surface area contributed by atoms with Crippen molar-refractivity contribution in [2.45, 2.75) is 12.8 Å². The van der Waals surface area contributed by atoms with Crippen molar-refractivity contribution in [3.63, 3.8) is 0 Å². The van der Waals surface area contributed by atoms with E-state index in [9.17, 15) is 14.3 Å². The number of carbonyl (C=O) groups is 1. The number of aliphatic carboxylic acids is 1. The Hall–Kier alpha value is -2.70. The van der Waals surface area contributed by atoms with Crippen LogP contribution >= 0.6 is 0 Å². The van der Waals surface area contributed by atoms with E-state index in [0.717, 1.165) is 18.7 Å². The van der Waals surface area contributed by atoms with E-state index in [1.807, 2.05) is 4.90 Å². The SMILES string of the molecule is O=C(O)C1CCCN(c2cc(Nc3ccc(F)cc3)ncn2)C1. The lowest BCUT2D eigenvalue weighted by molar-refractivity contribution is -0.141. The highest BCUT2D eigenvalue weighted by molar-refractivity contribution is 5.71. The molecule has 23 heavy (non-hydrogen) atoms. The highest BCUT2D eigenvalue weighted by Crippen LogP contribution is 2.24. The molecule has 1 aliphatic heterocycles. The van der Waals surface area contributed by atoms with E-state index >= 15 is 0 Å². The molecule has 2 aromatic rings. The van der Waals surface area contributed by atoms with Crippen LogP contribution in [0.15, 0.2) is 36.7 Å². The molecule has 1 aromatic carbocycles. The number of nitrogens with one attached hydrogen (secondary N) is 1. The van der Waals surface area contributed by atoms with Gasteiger partial charge in [0.2, 0.25) is 0 Å². The zero-order chi connectivity index (χ0) is 16.2. The number of piperidine rings is 1. The van der Waals surface area contributed by atoms with Crippen LogP contribution in [0, 0.1) is 11.7 Å². The van der Waals surface area contributed by atoms with Gasteiger partial charge in [0.15, 0.2) is 0 Å². The molecule has 0 saturated carbocycles. The van der Waals surface area contributed by atoms with Crippen LogP contribution in [-0.4, -0.2) is 34.1 Å². The Kier molecular flexibility index (Phi) is 4.36. The molecule has 3 rings (SSSR count). The number of aromatic nitrogens is 2. The lowest BCUT2D eigenvalue weighted by Gasteiger charge is -2.31. The molecule has 120 valence electrons. The summed E-state index contributed by atoms with van der Waals surface area (Å²) in [4.78, 5) is 21.5. The number of nitrogens with zero attached hydrogens (tertiary/aromatic N) is 3. The van der Waals surface area contributed by atoms with Gasteiger partial charge in [-0.25, -0.2) is 14.4 Å². The van der Waals surface area contributed by atoms with Crippen LogP contribution in [0.3, 0.4) is 0 Å². The molecule has 0 radical (unpaired) electrons. The van der Waals surface area contributed by atoms with Gasteiger partial charge >= 0.3 is 5.97 Å². The van der Waals surface area contributed by atoms with E-state index < -0.39 is 5.97 Å². The maximum Gasteiger partial charge on any atom is 0.308 e. The lowest BCUT2D eigenvalue weighted by Crippen LogP contribution is -2.39. The number of anilines is 3. The third kappa shape index (κ3) is 3.74. The summed E-state index contributed by atoms with van der Waals surface area (Å²) < 4.78 is 12.9. The first-order valence-corrected chi connectivity index (χ1v) is 7.44. The molecular formula is C16H17FN4O2. The fourth-order valence-electron chi connectivity index (χ4n) is 2.66. The number of halogens is 1. The molecule has 1 unspecified atom stereocenters. The summed E-state index contributed by atoms with van der Waals surface area (Å²) in [5.41, 5.74) is 0.720. The van der Waals surface area contributed by atoms with E-state index in [1.54, 1.807) is 18.2 Å². The molecule has 2 heterocycles. The Labute approximate surface area is 133 Å². The summed E-state index contributed by atoms with van der Waals surface area (Å²) in [6.07, 6.45) is 2.95. The summed E-state index contributed by atoms with van der Waals surface area (Å²) >= 11 is 0. The smallest absolute Gasteiger partial charge is 0.308 e. The second-order valence-electron chi connectivity index (χ2n) is 5.52. The largest absolute Gasteiger partial charge is 0.481 e. The predicted octanol–water partition coefficient (Wildman–Crippen LogP) is 2.66. The fraction of sp³-hybridized carbons (Fsp3) is 0.312. The minimum Gasteiger partial charge on any atom is -0.481 e. The second kappa shape index (κ2) is 6.60. The monoisotopic (exact) mass is 316 g/mol. The van der Waals surface area contributed by atoms with Crippen molar-refractivity contribution in [1.29, 1.82) is 0 Å². The molecule has 7 heteroatoms. The van der Waals surface area contributed by atoms with Crippen molar-refractivity contribution in [2.24, 2.45) is 5.92 Å². The molecule has 1 saturated heterocycles. The lowest BCUT2D eigenvalue weighted by atomic mass is 9.98.